The number of halogens is 1. The predicted octanol–water partition coefficient (Wildman–Crippen LogP) is 3.35. The van der Waals surface area contributed by atoms with Crippen LogP contribution in [-0.2, 0) is 6.54 Å². The molecule has 0 N–H and O–H groups in total. The molecule has 2 heterocycles. The maximum atomic E-state index is 14.4. The van der Waals surface area contributed by atoms with Crippen LogP contribution in [0, 0.1) is 5.82 Å². The Balaban J connectivity index is 1.83. The van der Waals surface area contributed by atoms with Crippen LogP contribution in [0.4, 0.5) is 4.39 Å². The van der Waals surface area contributed by atoms with Gasteiger partial charge in [0.1, 0.15) is 6.33 Å². The fourth-order valence-corrected chi connectivity index (χ4v) is 3.07. The molecule has 0 aliphatic carbocycles. The van der Waals surface area contributed by atoms with E-state index in [1.807, 2.05) is 18.2 Å². The summed E-state index contributed by atoms with van der Waals surface area (Å²) in [4.78, 5) is 10.7. The molecular weight excluding hydrogens is 281 g/mol. The number of methoxy groups -OCH3 is 1. The highest BCUT2D eigenvalue weighted by Gasteiger charge is 2.26. The first-order valence-corrected chi connectivity index (χ1v) is 7.61. The normalized spacial score (nSPS) is 19.1. The van der Waals surface area contributed by atoms with Crippen LogP contribution in [0.5, 0.6) is 5.75 Å². The van der Waals surface area contributed by atoms with Gasteiger partial charge in [-0.15, -0.1) is 0 Å². The van der Waals surface area contributed by atoms with Crippen LogP contribution in [-0.4, -0.2) is 28.5 Å². The van der Waals surface area contributed by atoms with E-state index >= 15 is 0 Å². The van der Waals surface area contributed by atoms with Crippen LogP contribution in [0.15, 0.2) is 36.8 Å². The Labute approximate surface area is 130 Å². The van der Waals surface area contributed by atoms with Gasteiger partial charge in [0.05, 0.1) is 18.8 Å². The fraction of sp³-hybridized carbons (Fsp3) is 0.412. The van der Waals surface area contributed by atoms with Gasteiger partial charge in [-0.1, -0.05) is 18.6 Å². The monoisotopic (exact) mass is 301 g/mol. The molecule has 5 heteroatoms. The Morgan fingerprint density at radius 1 is 1.32 bits per heavy atom. The van der Waals surface area contributed by atoms with Crippen molar-refractivity contribution < 1.29 is 9.13 Å². The zero-order chi connectivity index (χ0) is 15.4. The molecule has 0 radical (unpaired) electrons. The SMILES string of the molecule is COc1cccc(CN2CCCC[C@@H]2c2ccncn2)c1F. The van der Waals surface area contributed by atoms with Crippen molar-refractivity contribution in [3.05, 3.63) is 53.9 Å². The molecule has 1 aliphatic heterocycles. The van der Waals surface area contributed by atoms with Gasteiger partial charge in [0, 0.05) is 18.3 Å². The zero-order valence-corrected chi connectivity index (χ0v) is 12.7. The van der Waals surface area contributed by atoms with Crippen LogP contribution < -0.4 is 4.74 Å². The van der Waals surface area contributed by atoms with E-state index in [2.05, 4.69) is 14.9 Å². The smallest absolute Gasteiger partial charge is 0.169 e. The Bertz CT molecular complexity index is 621. The Kier molecular flexibility index (Phi) is 4.63. The summed E-state index contributed by atoms with van der Waals surface area (Å²) in [6, 6.07) is 7.48. The van der Waals surface area contributed by atoms with Crippen molar-refractivity contribution in [3.63, 3.8) is 0 Å². The van der Waals surface area contributed by atoms with Gasteiger partial charge in [-0.05, 0) is 31.5 Å². The highest BCUT2D eigenvalue weighted by molar-refractivity contribution is 5.31. The van der Waals surface area contributed by atoms with Gasteiger partial charge in [-0.25, -0.2) is 14.4 Å². The number of hydrogen-bond acceptors (Lipinski definition) is 4. The van der Waals surface area contributed by atoms with Crippen molar-refractivity contribution in [1.29, 1.82) is 0 Å². The van der Waals surface area contributed by atoms with E-state index in [0.717, 1.165) is 25.1 Å². The summed E-state index contributed by atoms with van der Waals surface area (Å²) >= 11 is 0. The van der Waals surface area contributed by atoms with Gasteiger partial charge < -0.3 is 4.74 Å². The molecule has 2 aromatic rings. The Hall–Kier alpha value is -2.01. The molecule has 4 nitrogen and oxygen atoms in total. The van der Waals surface area contributed by atoms with Crippen molar-refractivity contribution in [2.24, 2.45) is 0 Å². The summed E-state index contributed by atoms with van der Waals surface area (Å²) in [6.45, 7) is 1.52. The van der Waals surface area contributed by atoms with Gasteiger partial charge in [0.2, 0.25) is 0 Å². The molecule has 0 unspecified atom stereocenters. The first-order chi connectivity index (χ1) is 10.8. The lowest BCUT2D eigenvalue weighted by Gasteiger charge is -2.35. The number of nitrogens with zero attached hydrogens (tertiary/aromatic N) is 3. The van der Waals surface area contributed by atoms with Crippen molar-refractivity contribution in [2.75, 3.05) is 13.7 Å². The lowest BCUT2D eigenvalue weighted by atomic mass is 9.98. The summed E-state index contributed by atoms with van der Waals surface area (Å²) in [5, 5.41) is 0. The Morgan fingerprint density at radius 2 is 2.23 bits per heavy atom. The lowest BCUT2D eigenvalue weighted by Crippen LogP contribution is -2.33. The highest BCUT2D eigenvalue weighted by atomic mass is 19.1. The molecule has 1 aromatic carbocycles. The number of rotatable bonds is 4. The van der Waals surface area contributed by atoms with Crippen LogP contribution in [0.2, 0.25) is 0 Å². The van der Waals surface area contributed by atoms with Crippen molar-refractivity contribution in [3.8, 4) is 5.75 Å². The molecular formula is C17H20FN3O. The third-order valence-corrected chi connectivity index (χ3v) is 4.20. The average molecular weight is 301 g/mol. The maximum absolute atomic E-state index is 14.4. The van der Waals surface area contributed by atoms with Crippen LogP contribution >= 0.6 is 0 Å². The molecule has 1 fully saturated rings. The summed E-state index contributed by atoms with van der Waals surface area (Å²) in [5.74, 6) is 0.0325. The van der Waals surface area contributed by atoms with E-state index in [1.54, 1.807) is 18.6 Å². The molecule has 1 aliphatic rings. The van der Waals surface area contributed by atoms with Crippen molar-refractivity contribution >= 4 is 0 Å². The van der Waals surface area contributed by atoms with Gasteiger partial charge in [-0.3, -0.25) is 4.90 Å². The van der Waals surface area contributed by atoms with E-state index in [0.29, 0.717) is 17.9 Å². The zero-order valence-electron chi connectivity index (χ0n) is 12.7. The number of benzene rings is 1. The van der Waals surface area contributed by atoms with Crippen molar-refractivity contribution in [1.82, 2.24) is 14.9 Å². The minimum Gasteiger partial charge on any atom is -0.494 e. The Morgan fingerprint density at radius 3 is 3.00 bits per heavy atom. The van der Waals surface area contributed by atoms with Gasteiger partial charge in [0.25, 0.3) is 0 Å². The first kappa shape index (κ1) is 14.9. The van der Waals surface area contributed by atoms with Gasteiger partial charge in [0.15, 0.2) is 11.6 Å². The second kappa shape index (κ2) is 6.83. The number of ether oxygens (including phenoxy) is 1. The molecule has 3 rings (SSSR count). The number of likely N-dealkylation sites (tertiary alicyclic amines) is 1. The predicted molar refractivity (Wildman–Crippen MR) is 82.0 cm³/mol. The molecule has 0 bridgehead atoms. The molecule has 22 heavy (non-hydrogen) atoms. The summed E-state index contributed by atoms with van der Waals surface area (Å²) in [5.41, 5.74) is 1.68. The number of piperidine rings is 1. The summed E-state index contributed by atoms with van der Waals surface area (Å²) in [6.07, 6.45) is 6.69. The van der Waals surface area contributed by atoms with E-state index in [1.165, 1.54) is 13.5 Å². The second-order valence-electron chi connectivity index (χ2n) is 5.55. The van der Waals surface area contributed by atoms with E-state index in [4.69, 9.17) is 4.74 Å². The standard InChI is InChI=1S/C17H20FN3O/c1-22-16-7-4-5-13(17(16)18)11-21-10-3-2-6-15(21)14-8-9-19-12-20-14/h4-5,7-9,12,15H,2-3,6,10-11H2,1H3/t15-/m1/s1. The minimum absolute atomic E-state index is 0.224. The van der Waals surface area contributed by atoms with Crippen LogP contribution in [0.3, 0.4) is 0 Å². The molecule has 0 spiro atoms. The average Bonchev–Trinajstić information content (AvgIpc) is 2.58. The summed E-state index contributed by atoms with van der Waals surface area (Å²) < 4.78 is 19.5. The maximum Gasteiger partial charge on any atom is 0.169 e. The second-order valence-corrected chi connectivity index (χ2v) is 5.55. The van der Waals surface area contributed by atoms with Gasteiger partial charge in [-0.2, -0.15) is 0 Å². The molecule has 116 valence electrons. The fourth-order valence-electron chi connectivity index (χ4n) is 3.07. The third kappa shape index (κ3) is 3.09. The minimum atomic E-state index is -0.267. The van der Waals surface area contributed by atoms with E-state index < -0.39 is 0 Å². The quantitative estimate of drug-likeness (QED) is 0.868. The van der Waals surface area contributed by atoms with Crippen LogP contribution in [0.1, 0.15) is 36.6 Å². The van der Waals surface area contributed by atoms with Gasteiger partial charge >= 0.3 is 0 Å². The third-order valence-electron chi connectivity index (χ3n) is 4.20. The van der Waals surface area contributed by atoms with Crippen molar-refractivity contribution in [2.45, 2.75) is 31.8 Å². The summed E-state index contributed by atoms with van der Waals surface area (Å²) in [7, 11) is 1.49. The van der Waals surface area contributed by atoms with E-state index in [9.17, 15) is 4.39 Å². The molecule has 0 saturated carbocycles. The van der Waals surface area contributed by atoms with E-state index in [-0.39, 0.29) is 11.9 Å². The first-order valence-electron chi connectivity index (χ1n) is 7.61. The largest absolute Gasteiger partial charge is 0.494 e. The topological polar surface area (TPSA) is 38.2 Å². The lowest BCUT2D eigenvalue weighted by molar-refractivity contribution is 0.135. The molecule has 1 aromatic heterocycles. The molecule has 1 atom stereocenters. The molecule has 1 saturated heterocycles. The molecule has 0 amide bonds. The van der Waals surface area contributed by atoms with Crippen LogP contribution in [0.25, 0.3) is 0 Å². The number of hydrogen-bond donors (Lipinski definition) is 0. The number of aromatic nitrogens is 2. The highest BCUT2D eigenvalue weighted by Crippen LogP contribution is 2.32.